The molecule has 0 radical (unpaired) electrons. The molecule has 0 aliphatic carbocycles. The molecule has 0 amide bonds. The molecule has 0 aliphatic rings. The molecule has 0 aliphatic heterocycles. The number of hydrogen-bond donors (Lipinski definition) is 1. The summed E-state index contributed by atoms with van der Waals surface area (Å²) in [5, 5.41) is 0. The van der Waals surface area contributed by atoms with Gasteiger partial charge in [-0.2, -0.15) is 0 Å². The molecule has 0 fully saturated rings. The summed E-state index contributed by atoms with van der Waals surface area (Å²) in [6.45, 7) is 2.34. The zero-order valence-corrected chi connectivity index (χ0v) is 12.8. The summed E-state index contributed by atoms with van der Waals surface area (Å²) in [4.78, 5) is 0.365. The quantitative estimate of drug-likeness (QED) is 0.889. The predicted octanol–water partition coefficient (Wildman–Crippen LogP) is 2.31. The Kier molecular flexibility index (Phi) is 4.98. The van der Waals surface area contributed by atoms with E-state index in [0.717, 1.165) is 11.1 Å². The fourth-order valence-corrected chi connectivity index (χ4v) is 3.41. The average Bonchev–Trinajstić information content (AvgIpc) is 2.47. The SMILES string of the molecule is Cc1ccccc1S(=O)(=O)CCOc1cccc(CN)c1. The maximum atomic E-state index is 12.3. The van der Waals surface area contributed by atoms with E-state index in [9.17, 15) is 8.42 Å². The van der Waals surface area contributed by atoms with E-state index in [-0.39, 0.29) is 12.4 Å². The number of nitrogens with two attached hydrogens (primary N) is 1. The minimum atomic E-state index is -3.33. The first-order valence-corrected chi connectivity index (χ1v) is 8.38. The van der Waals surface area contributed by atoms with Crippen molar-refractivity contribution >= 4 is 9.84 Å². The topological polar surface area (TPSA) is 69.4 Å². The average molecular weight is 305 g/mol. The van der Waals surface area contributed by atoms with E-state index in [2.05, 4.69) is 0 Å². The molecule has 2 aromatic rings. The van der Waals surface area contributed by atoms with Crippen LogP contribution < -0.4 is 10.5 Å². The largest absolute Gasteiger partial charge is 0.493 e. The molecule has 112 valence electrons. The summed E-state index contributed by atoms with van der Waals surface area (Å²) in [5.74, 6) is 0.586. The number of aryl methyl sites for hydroxylation is 1. The van der Waals surface area contributed by atoms with Crippen LogP contribution in [0.2, 0.25) is 0 Å². The van der Waals surface area contributed by atoms with Crippen LogP contribution >= 0.6 is 0 Å². The summed E-state index contributed by atoms with van der Waals surface area (Å²) in [7, 11) is -3.33. The highest BCUT2D eigenvalue weighted by Gasteiger charge is 2.16. The third kappa shape index (κ3) is 4.06. The van der Waals surface area contributed by atoms with Crippen molar-refractivity contribution in [3.63, 3.8) is 0 Å². The summed E-state index contributed by atoms with van der Waals surface area (Å²) < 4.78 is 30.0. The smallest absolute Gasteiger partial charge is 0.181 e. The predicted molar refractivity (Wildman–Crippen MR) is 83.1 cm³/mol. The molecular weight excluding hydrogens is 286 g/mol. The van der Waals surface area contributed by atoms with Crippen molar-refractivity contribution < 1.29 is 13.2 Å². The van der Waals surface area contributed by atoms with Crippen LogP contribution in [-0.4, -0.2) is 20.8 Å². The van der Waals surface area contributed by atoms with Crippen LogP contribution in [0, 0.1) is 6.92 Å². The lowest BCUT2D eigenvalue weighted by atomic mass is 10.2. The van der Waals surface area contributed by atoms with Crippen molar-refractivity contribution in [1.82, 2.24) is 0 Å². The molecule has 0 heterocycles. The summed E-state index contributed by atoms with van der Waals surface area (Å²) >= 11 is 0. The van der Waals surface area contributed by atoms with E-state index in [1.54, 1.807) is 31.2 Å². The fourth-order valence-electron chi connectivity index (χ4n) is 2.05. The highest BCUT2D eigenvalue weighted by Crippen LogP contribution is 2.17. The van der Waals surface area contributed by atoms with Gasteiger partial charge in [0.2, 0.25) is 0 Å². The van der Waals surface area contributed by atoms with E-state index in [1.165, 1.54) is 0 Å². The minimum absolute atomic E-state index is 0.0509. The van der Waals surface area contributed by atoms with Gasteiger partial charge in [-0.3, -0.25) is 0 Å². The van der Waals surface area contributed by atoms with Crippen LogP contribution in [-0.2, 0) is 16.4 Å². The second-order valence-electron chi connectivity index (χ2n) is 4.78. The van der Waals surface area contributed by atoms with Gasteiger partial charge in [-0.15, -0.1) is 0 Å². The first kappa shape index (κ1) is 15.5. The van der Waals surface area contributed by atoms with Crippen molar-refractivity contribution in [1.29, 1.82) is 0 Å². The first-order chi connectivity index (χ1) is 10.0. The summed E-state index contributed by atoms with van der Waals surface area (Å²) in [6, 6.07) is 14.3. The van der Waals surface area contributed by atoms with E-state index in [1.807, 2.05) is 24.3 Å². The lowest BCUT2D eigenvalue weighted by Crippen LogP contribution is -2.15. The van der Waals surface area contributed by atoms with Gasteiger partial charge >= 0.3 is 0 Å². The van der Waals surface area contributed by atoms with E-state index >= 15 is 0 Å². The number of hydrogen-bond acceptors (Lipinski definition) is 4. The summed E-state index contributed by atoms with van der Waals surface area (Å²) in [5.41, 5.74) is 7.26. The van der Waals surface area contributed by atoms with E-state index in [0.29, 0.717) is 17.2 Å². The van der Waals surface area contributed by atoms with Gasteiger partial charge in [0.1, 0.15) is 12.4 Å². The van der Waals surface area contributed by atoms with Crippen molar-refractivity contribution in [2.24, 2.45) is 5.73 Å². The molecule has 2 rings (SSSR count). The van der Waals surface area contributed by atoms with Gasteiger partial charge in [0.05, 0.1) is 10.6 Å². The minimum Gasteiger partial charge on any atom is -0.493 e. The van der Waals surface area contributed by atoms with Gasteiger partial charge in [-0.1, -0.05) is 30.3 Å². The van der Waals surface area contributed by atoms with Crippen molar-refractivity contribution in [2.45, 2.75) is 18.4 Å². The monoisotopic (exact) mass is 305 g/mol. The first-order valence-electron chi connectivity index (χ1n) is 6.73. The van der Waals surface area contributed by atoms with Crippen LogP contribution in [0.3, 0.4) is 0 Å². The lowest BCUT2D eigenvalue weighted by molar-refractivity contribution is 0.340. The highest BCUT2D eigenvalue weighted by atomic mass is 32.2. The molecule has 0 aromatic heterocycles. The van der Waals surface area contributed by atoms with Crippen LogP contribution in [0.5, 0.6) is 5.75 Å². The Bertz CT molecular complexity index is 711. The van der Waals surface area contributed by atoms with E-state index in [4.69, 9.17) is 10.5 Å². The Morgan fingerprint density at radius 1 is 1.10 bits per heavy atom. The highest BCUT2D eigenvalue weighted by molar-refractivity contribution is 7.91. The normalized spacial score (nSPS) is 11.3. The number of rotatable bonds is 6. The Morgan fingerprint density at radius 3 is 2.57 bits per heavy atom. The maximum absolute atomic E-state index is 12.3. The molecule has 0 saturated heterocycles. The van der Waals surface area contributed by atoms with Crippen molar-refractivity contribution in [2.75, 3.05) is 12.4 Å². The molecule has 5 heteroatoms. The lowest BCUT2D eigenvalue weighted by Gasteiger charge is -2.09. The second kappa shape index (κ2) is 6.74. The fraction of sp³-hybridized carbons (Fsp3) is 0.250. The van der Waals surface area contributed by atoms with Gasteiger partial charge in [0, 0.05) is 6.54 Å². The maximum Gasteiger partial charge on any atom is 0.181 e. The molecule has 0 atom stereocenters. The van der Waals surface area contributed by atoms with Crippen LogP contribution in [0.1, 0.15) is 11.1 Å². The molecule has 4 nitrogen and oxygen atoms in total. The van der Waals surface area contributed by atoms with Crippen LogP contribution in [0.25, 0.3) is 0 Å². The van der Waals surface area contributed by atoms with Gasteiger partial charge in [0.25, 0.3) is 0 Å². The van der Waals surface area contributed by atoms with Crippen LogP contribution in [0.4, 0.5) is 0 Å². The molecular formula is C16H19NO3S. The molecule has 0 unspecified atom stereocenters. The molecule has 0 saturated carbocycles. The van der Waals surface area contributed by atoms with Gasteiger partial charge < -0.3 is 10.5 Å². The van der Waals surface area contributed by atoms with Gasteiger partial charge in [0.15, 0.2) is 9.84 Å². The zero-order valence-electron chi connectivity index (χ0n) is 12.0. The number of sulfone groups is 1. The number of ether oxygens (including phenoxy) is 1. The van der Waals surface area contributed by atoms with Gasteiger partial charge in [-0.05, 0) is 36.2 Å². The van der Waals surface area contributed by atoms with E-state index < -0.39 is 9.84 Å². The molecule has 21 heavy (non-hydrogen) atoms. The summed E-state index contributed by atoms with van der Waals surface area (Å²) in [6.07, 6.45) is 0. The third-order valence-corrected chi connectivity index (χ3v) is 5.02. The Labute approximate surface area is 125 Å². The third-order valence-electron chi connectivity index (χ3n) is 3.18. The van der Waals surface area contributed by atoms with Gasteiger partial charge in [-0.25, -0.2) is 8.42 Å². The van der Waals surface area contributed by atoms with Crippen molar-refractivity contribution in [3.8, 4) is 5.75 Å². The molecule has 0 spiro atoms. The van der Waals surface area contributed by atoms with Crippen LogP contribution in [0.15, 0.2) is 53.4 Å². The number of benzene rings is 2. The zero-order chi connectivity index (χ0) is 15.3. The second-order valence-corrected chi connectivity index (χ2v) is 6.86. The standard InChI is InChI=1S/C16H19NO3S/c1-13-5-2-3-8-16(13)21(18,19)10-9-20-15-7-4-6-14(11-15)12-17/h2-8,11H,9-10,12,17H2,1H3. The molecule has 2 aromatic carbocycles. The molecule has 2 N–H and O–H groups in total. The Morgan fingerprint density at radius 2 is 1.86 bits per heavy atom. The Balaban J connectivity index is 2.01. The Hall–Kier alpha value is -1.85. The van der Waals surface area contributed by atoms with Crippen molar-refractivity contribution in [3.05, 3.63) is 59.7 Å². The molecule has 0 bridgehead atoms.